The number of piperidine rings is 1. The molecule has 0 N–H and O–H groups in total. The van der Waals surface area contributed by atoms with Crippen molar-refractivity contribution in [2.75, 3.05) is 20.2 Å². The summed E-state index contributed by atoms with van der Waals surface area (Å²) in [5.74, 6) is 2.68. The first-order valence-corrected chi connectivity index (χ1v) is 7.77. The van der Waals surface area contributed by atoms with Gasteiger partial charge in [-0.3, -0.25) is 4.90 Å². The number of hydrogen-bond acceptors (Lipinski definition) is 2. The number of likely N-dealkylation sites (tertiary alicyclic amines) is 1. The second-order valence-electron chi connectivity index (χ2n) is 7.85. The van der Waals surface area contributed by atoms with Crippen LogP contribution in [0.3, 0.4) is 0 Å². The van der Waals surface area contributed by atoms with E-state index in [9.17, 15) is 0 Å². The Kier molecular flexibility index (Phi) is 3.22. The third-order valence-corrected chi connectivity index (χ3v) is 5.85. The van der Waals surface area contributed by atoms with Gasteiger partial charge in [0.15, 0.2) is 0 Å². The fourth-order valence-corrected chi connectivity index (χ4v) is 4.46. The molecular weight excluding hydrogens is 222 g/mol. The van der Waals surface area contributed by atoms with Crippen molar-refractivity contribution >= 4 is 0 Å². The van der Waals surface area contributed by atoms with Crippen molar-refractivity contribution in [3.8, 4) is 0 Å². The Morgan fingerprint density at radius 3 is 1.94 bits per heavy atom. The van der Waals surface area contributed by atoms with Gasteiger partial charge in [-0.05, 0) is 37.0 Å². The van der Waals surface area contributed by atoms with Crippen molar-refractivity contribution in [1.82, 2.24) is 4.90 Å². The Morgan fingerprint density at radius 2 is 1.50 bits per heavy atom. The second kappa shape index (κ2) is 4.49. The molecule has 2 nitrogen and oxygen atoms in total. The molecule has 1 saturated heterocycles. The minimum Gasteiger partial charge on any atom is -0.381 e. The molecule has 0 amide bonds. The maximum Gasteiger partial charge on any atom is 0.0660 e. The van der Waals surface area contributed by atoms with Crippen molar-refractivity contribution in [3.05, 3.63) is 0 Å². The standard InChI is InChI=1S/C16H29NO/c1-16(2,3)11-5-7-12(8-6-11)17-9-13-14(10-17)15(13)18-4/h11-15H,5-10H2,1-4H3. The van der Waals surface area contributed by atoms with E-state index >= 15 is 0 Å². The molecule has 2 unspecified atom stereocenters. The Balaban J connectivity index is 1.47. The van der Waals surface area contributed by atoms with Crippen LogP contribution in [-0.4, -0.2) is 37.2 Å². The van der Waals surface area contributed by atoms with E-state index in [0.717, 1.165) is 23.8 Å². The monoisotopic (exact) mass is 251 g/mol. The number of rotatable bonds is 2. The van der Waals surface area contributed by atoms with E-state index in [2.05, 4.69) is 25.7 Å². The van der Waals surface area contributed by atoms with Crippen LogP contribution in [0.1, 0.15) is 46.5 Å². The highest BCUT2D eigenvalue weighted by Crippen LogP contribution is 2.49. The summed E-state index contributed by atoms with van der Waals surface area (Å²) in [7, 11) is 1.88. The molecule has 2 aliphatic carbocycles. The van der Waals surface area contributed by atoms with Gasteiger partial charge >= 0.3 is 0 Å². The maximum atomic E-state index is 5.50. The summed E-state index contributed by atoms with van der Waals surface area (Å²) >= 11 is 0. The largest absolute Gasteiger partial charge is 0.381 e. The molecule has 0 aromatic rings. The molecule has 1 aliphatic heterocycles. The van der Waals surface area contributed by atoms with Gasteiger partial charge in [0.25, 0.3) is 0 Å². The van der Waals surface area contributed by atoms with Gasteiger partial charge in [0.05, 0.1) is 6.10 Å². The van der Waals surface area contributed by atoms with Gasteiger partial charge in [0, 0.05) is 38.1 Å². The van der Waals surface area contributed by atoms with Crippen LogP contribution in [-0.2, 0) is 4.74 Å². The molecule has 18 heavy (non-hydrogen) atoms. The van der Waals surface area contributed by atoms with Crippen LogP contribution in [0.15, 0.2) is 0 Å². The molecule has 2 atom stereocenters. The number of fused-ring (bicyclic) bond motifs is 1. The first-order valence-electron chi connectivity index (χ1n) is 7.77. The quantitative estimate of drug-likeness (QED) is 0.747. The molecule has 2 saturated carbocycles. The van der Waals surface area contributed by atoms with Crippen molar-refractivity contribution in [1.29, 1.82) is 0 Å². The first kappa shape index (κ1) is 12.9. The van der Waals surface area contributed by atoms with Gasteiger partial charge in [0.2, 0.25) is 0 Å². The lowest BCUT2D eigenvalue weighted by Gasteiger charge is -2.40. The van der Waals surface area contributed by atoms with Crippen LogP contribution in [0.25, 0.3) is 0 Å². The van der Waals surface area contributed by atoms with Crippen molar-refractivity contribution < 1.29 is 4.74 Å². The molecule has 0 radical (unpaired) electrons. The van der Waals surface area contributed by atoms with Gasteiger partial charge in [-0.15, -0.1) is 0 Å². The molecule has 0 spiro atoms. The maximum absolute atomic E-state index is 5.50. The first-order chi connectivity index (χ1) is 8.50. The molecule has 0 aromatic carbocycles. The zero-order valence-electron chi connectivity index (χ0n) is 12.5. The average Bonchev–Trinajstić information content (AvgIpc) is 2.80. The Morgan fingerprint density at radius 1 is 0.944 bits per heavy atom. The number of hydrogen-bond donors (Lipinski definition) is 0. The highest BCUT2D eigenvalue weighted by molar-refractivity contribution is 5.08. The number of ether oxygens (including phenoxy) is 1. The Hall–Kier alpha value is -0.0800. The third-order valence-electron chi connectivity index (χ3n) is 5.85. The van der Waals surface area contributed by atoms with E-state index in [1.807, 2.05) is 7.11 Å². The van der Waals surface area contributed by atoms with Crippen LogP contribution in [0.5, 0.6) is 0 Å². The highest BCUT2D eigenvalue weighted by atomic mass is 16.5. The molecule has 3 aliphatic rings. The zero-order valence-corrected chi connectivity index (χ0v) is 12.5. The van der Waals surface area contributed by atoms with E-state index < -0.39 is 0 Å². The summed E-state index contributed by atoms with van der Waals surface area (Å²) in [6.07, 6.45) is 6.34. The van der Waals surface area contributed by atoms with Crippen LogP contribution < -0.4 is 0 Å². The van der Waals surface area contributed by atoms with Crippen LogP contribution >= 0.6 is 0 Å². The van der Waals surface area contributed by atoms with Gasteiger partial charge in [-0.1, -0.05) is 20.8 Å². The molecule has 104 valence electrons. The topological polar surface area (TPSA) is 12.5 Å². The summed E-state index contributed by atoms with van der Waals surface area (Å²) in [4.78, 5) is 2.77. The van der Waals surface area contributed by atoms with Gasteiger partial charge < -0.3 is 4.74 Å². The van der Waals surface area contributed by atoms with E-state index in [1.165, 1.54) is 38.8 Å². The molecule has 3 rings (SSSR count). The molecular formula is C16H29NO. The highest BCUT2D eigenvalue weighted by Gasteiger charge is 2.57. The fourth-order valence-electron chi connectivity index (χ4n) is 4.46. The predicted molar refractivity (Wildman–Crippen MR) is 74.6 cm³/mol. The van der Waals surface area contributed by atoms with Crippen LogP contribution in [0.4, 0.5) is 0 Å². The number of methoxy groups -OCH3 is 1. The van der Waals surface area contributed by atoms with Crippen molar-refractivity contribution in [2.24, 2.45) is 23.2 Å². The predicted octanol–water partition coefficient (Wildman–Crippen LogP) is 3.17. The molecule has 1 heterocycles. The lowest BCUT2D eigenvalue weighted by molar-refractivity contribution is 0.0782. The van der Waals surface area contributed by atoms with Crippen molar-refractivity contribution in [2.45, 2.75) is 58.6 Å². The zero-order chi connectivity index (χ0) is 12.9. The lowest BCUT2D eigenvalue weighted by atomic mass is 9.71. The molecule has 2 heteroatoms. The summed E-state index contributed by atoms with van der Waals surface area (Å²) in [5, 5.41) is 0. The average molecular weight is 251 g/mol. The summed E-state index contributed by atoms with van der Waals surface area (Å²) in [5.41, 5.74) is 0.513. The van der Waals surface area contributed by atoms with Gasteiger partial charge in [-0.2, -0.15) is 0 Å². The van der Waals surface area contributed by atoms with Gasteiger partial charge in [-0.25, -0.2) is 0 Å². The smallest absolute Gasteiger partial charge is 0.0660 e. The summed E-state index contributed by atoms with van der Waals surface area (Å²) in [6, 6.07) is 0.883. The van der Waals surface area contributed by atoms with Gasteiger partial charge in [0.1, 0.15) is 0 Å². The minimum absolute atomic E-state index is 0.513. The van der Waals surface area contributed by atoms with E-state index in [4.69, 9.17) is 4.74 Å². The molecule has 3 fully saturated rings. The fraction of sp³-hybridized carbons (Fsp3) is 1.00. The second-order valence-corrected chi connectivity index (χ2v) is 7.85. The number of nitrogens with zero attached hydrogens (tertiary/aromatic N) is 1. The Bertz CT molecular complexity index is 289. The summed E-state index contributed by atoms with van der Waals surface area (Å²) in [6.45, 7) is 9.85. The SMILES string of the molecule is COC1C2CN(C3CCC(C(C)(C)C)CC3)CC21. The van der Waals surface area contributed by atoms with E-state index in [0.29, 0.717) is 11.5 Å². The summed E-state index contributed by atoms with van der Waals surface area (Å²) < 4.78 is 5.50. The molecule has 0 aromatic heterocycles. The normalized spacial score (nSPS) is 45.0. The Labute approximate surface area is 112 Å². The van der Waals surface area contributed by atoms with E-state index in [-0.39, 0.29) is 0 Å². The van der Waals surface area contributed by atoms with Crippen molar-refractivity contribution in [3.63, 3.8) is 0 Å². The van der Waals surface area contributed by atoms with Crippen LogP contribution in [0.2, 0.25) is 0 Å². The minimum atomic E-state index is 0.513. The van der Waals surface area contributed by atoms with E-state index in [1.54, 1.807) is 0 Å². The molecule has 0 bridgehead atoms. The van der Waals surface area contributed by atoms with Crippen LogP contribution in [0, 0.1) is 23.2 Å². The third kappa shape index (κ3) is 2.22. The lowest BCUT2D eigenvalue weighted by Crippen LogP contribution is -2.40.